The predicted molar refractivity (Wildman–Crippen MR) is 108 cm³/mol. The van der Waals surface area contributed by atoms with Gasteiger partial charge in [0.05, 0.1) is 5.25 Å². The molecule has 7 heteroatoms. The second kappa shape index (κ2) is 8.12. The van der Waals surface area contributed by atoms with Crippen molar-refractivity contribution in [3.63, 3.8) is 0 Å². The number of rotatable bonds is 6. The number of carbonyl (C=O) groups is 1. The zero-order valence-corrected chi connectivity index (χ0v) is 17.2. The molecule has 0 aliphatic carbocycles. The van der Waals surface area contributed by atoms with E-state index in [1.165, 1.54) is 22.0 Å². The van der Waals surface area contributed by atoms with E-state index in [0.29, 0.717) is 16.9 Å². The van der Waals surface area contributed by atoms with Crippen LogP contribution in [-0.4, -0.2) is 26.0 Å². The van der Waals surface area contributed by atoms with E-state index in [9.17, 15) is 4.79 Å². The van der Waals surface area contributed by atoms with Gasteiger partial charge in [-0.2, -0.15) is 0 Å². The fourth-order valence-corrected chi connectivity index (χ4v) is 3.23. The van der Waals surface area contributed by atoms with E-state index in [0.717, 1.165) is 12.1 Å². The number of nitrogen functional groups attached to an aromatic ring is 1. The van der Waals surface area contributed by atoms with Crippen molar-refractivity contribution in [3.05, 3.63) is 35.7 Å². The molecule has 6 nitrogen and oxygen atoms in total. The van der Waals surface area contributed by atoms with Gasteiger partial charge in [0.25, 0.3) is 0 Å². The number of carbonyl (C=O) groups excluding carboxylic acids is 1. The minimum Gasteiger partial charge on any atom is -0.336 e. The van der Waals surface area contributed by atoms with Gasteiger partial charge in [0, 0.05) is 11.1 Å². The van der Waals surface area contributed by atoms with E-state index < -0.39 is 0 Å². The molecule has 2 atom stereocenters. The normalized spacial score (nSPS) is 14.1. The highest BCUT2D eigenvalue weighted by Gasteiger charge is 2.25. The lowest BCUT2D eigenvalue weighted by Gasteiger charge is -2.17. The highest BCUT2D eigenvalue weighted by Crippen LogP contribution is 2.26. The van der Waals surface area contributed by atoms with Crippen LogP contribution in [0.1, 0.15) is 65.3 Å². The van der Waals surface area contributed by atoms with Crippen molar-refractivity contribution in [2.24, 2.45) is 0 Å². The third-order valence-corrected chi connectivity index (χ3v) is 5.40. The van der Waals surface area contributed by atoms with Crippen LogP contribution >= 0.6 is 11.8 Å². The Hall–Kier alpha value is -2.02. The number of nitrogens with two attached hydrogens (primary N) is 1. The molecule has 1 amide bonds. The molecule has 26 heavy (non-hydrogen) atoms. The molecule has 1 aromatic carbocycles. The van der Waals surface area contributed by atoms with Gasteiger partial charge in [0.15, 0.2) is 5.82 Å². The first kappa shape index (κ1) is 20.3. The summed E-state index contributed by atoms with van der Waals surface area (Å²) in [7, 11) is 0. The molecule has 1 heterocycles. The molecule has 142 valence electrons. The fraction of sp³-hybridized carbons (Fsp3) is 0.526. The summed E-state index contributed by atoms with van der Waals surface area (Å²) >= 11 is 1.30. The summed E-state index contributed by atoms with van der Waals surface area (Å²) < 4.78 is 1.47. The summed E-state index contributed by atoms with van der Waals surface area (Å²) in [6.45, 7) is 12.3. The van der Waals surface area contributed by atoms with Crippen LogP contribution in [0.5, 0.6) is 0 Å². The fourth-order valence-electron chi connectivity index (χ4n) is 2.46. The smallest absolute Gasteiger partial charge is 0.237 e. The van der Waals surface area contributed by atoms with Crippen molar-refractivity contribution in [2.45, 2.75) is 69.7 Å². The summed E-state index contributed by atoms with van der Waals surface area (Å²) in [5, 5.41) is 11.4. The minimum atomic E-state index is -0.344. The molecule has 0 saturated carbocycles. The molecule has 0 aliphatic rings. The van der Waals surface area contributed by atoms with E-state index in [2.05, 4.69) is 41.5 Å². The average molecular weight is 376 g/mol. The lowest BCUT2D eigenvalue weighted by molar-refractivity contribution is -0.115. The van der Waals surface area contributed by atoms with Crippen molar-refractivity contribution >= 4 is 23.4 Å². The summed E-state index contributed by atoms with van der Waals surface area (Å²) in [6.07, 6.45) is 1.09. The number of nitrogens with zero attached hydrogens (tertiary/aromatic N) is 3. The maximum atomic E-state index is 12.5. The first-order valence-electron chi connectivity index (χ1n) is 8.92. The Bertz CT molecular complexity index is 748. The van der Waals surface area contributed by atoms with Gasteiger partial charge >= 0.3 is 0 Å². The number of anilines is 1. The zero-order chi connectivity index (χ0) is 19.5. The van der Waals surface area contributed by atoms with E-state index >= 15 is 0 Å². The number of hydrogen-bond donors (Lipinski definition) is 2. The van der Waals surface area contributed by atoms with Gasteiger partial charge in [0.2, 0.25) is 11.1 Å². The van der Waals surface area contributed by atoms with E-state index in [4.69, 9.17) is 5.84 Å². The topological polar surface area (TPSA) is 85.8 Å². The number of thioether (sulfide) groups is 1. The molecule has 2 rings (SSSR count). The first-order valence-corrected chi connectivity index (χ1v) is 9.80. The van der Waals surface area contributed by atoms with Crippen LogP contribution in [0.3, 0.4) is 0 Å². The third-order valence-electron chi connectivity index (χ3n) is 4.35. The molecule has 0 saturated heterocycles. The van der Waals surface area contributed by atoms with Crippen LogP contribution in [0.4, 0.5) is 5.69 Å². The molecule has 1 aromatic heterocycles. The molecule has 2 aromatic rings. The standard InChI is InChI=1S/C19H29N5OS/c1-7-12(2)14-8-10-15(11-9-14)21-16(25)13(3)26-18-23-22-17(24(18)20)19(4,5)6/h8-13H,7,20H2,1-6H3,(H,21,25). The maximum absolute atomic E-state index is 12.5. The molecule has 0 spiro atoms. The minimum absolute atomic E-state index is 0.0911. The van der Waals surface area contributed by atoms with Gasteiger partial charge in [-0.15, -0.1) is 10.2 Å². The van der Waals surface area contributed by atoms with Crippen molar-refractivity contribution in [1.29, 1.82) is 0 Å². The Morgan fingerprint density at radius 2 is 1.85 bits per heavy atom. The lowest BCUT2D eigenvalue weighted by atomic mass is 9.96. The van der Waals surface area contributed by atoms with Crippen LogP contribution in [0.15, 0.2) is 29.4 Å². The third kappa shape index (κ3) is 4.78. The van der Waals surface area contributed by atoms with Crippen LogP contribution in [0.25, 0.3) is 0 Å². The van der Waals surface area contributed by atoms with Gasteiger partial charge in [-0.1, -0.05) is 58.5 Å². The summed E-state index contributed by atoms with van der Waals surface area (Å²) in [4.78, 5) is 12.5. The highest BCUT2D eigenvalue weighted by atomic mass is 32.2. The molecular formula is C19H29N5OS. The molecule has 0 bridgehead atoms. The monoisotopic (exact) mass is 375 g/mol. The summed E-state index contributed by atoms with van der Waals surface area (Å²) in [6, 6.07) is 8.02. The second-order valence-corrected chi connectivity index (χ2v) is 8.91. The Morgan fingerprint density at radius 1 is 1.23 bits per heavy atom. The van der Waals surface area contributed by atoms with Gasteiger partial charge in [-0.3, -0.25) is 4.79 Å². The molecule has 3 N–H and O–H groups in total. The largest absolute Gasteiger partial charge is 0.336 e. The zero-order valence-electron chi connectivity index (χ0n) is 16.4. The Kier molecular flexibility index (Phi) is 6.34. The van der Waals surface area contributed by atoms with Crippen molar-refractivity contribution in [3.8, 4) is 0 Å². The Morgan fingerprint density at radius 3 is 2.35 bits per heavy atom. The Labute approximate surface area is 159 Å². The molecule has 0 radical (unpaired) electrons. The number of amides is 1. The summed E-state index contributed by atoms with van der Waals surface area (Å²) in [5.74, 6) is 7.20. The SMILES string of the molecule is CCC(C)c1ccc(NC(=O)C(C)Sc2nnc(C(C)(C)C)n2N)cc1. The average Bonchev–Trinajstić information content (AvgIpc) is 2.95. The first-order chi connectivity index (χ1) is 12.1. The molecule has 0 fully saturated rings. The number of hydrogen-bond acceptors (Lipinski definition) is 5. The van der Waals surface area contributed by atoms with Gasteiger partial charge in [-0.05, 0) is 37.0 Å². The van der Waals surface area contributed by atoms with Crippen LogP contribution in [-0.2, 0) is 10.2 Å². The molecule has 2 unspecified atom stereocenters. The van der Waals surface area contributed by atoms with E-state index in [1.54, 1.807) is 0 Å². The Balaban J connectivity index is 2.01. The van der Waals surface area contributed by atoms with Gasteiger partial charge < -0.3 is 11.2 Å². The van der Waals surface area contributed by atoms with Gasteiger partial charge in [-0.25, -0.2) is 4.68 Å². The molecular weight excluding hydrogens is 346 g/mol. The van der Waals surface area contributed by atoms with Crippen LogP contribution < -0.4 is 11.2 Å². The number of benzene rings is 1. The van der Waals surface area contributed by atoms with Crippen molar-refractivity contribution in [2.75, 3.05) is 11.2 Å². The van der Waals surface area contributed by atoms with E-state index in [-0.39, 0.29) is 16.6 Å². The quantitative estimate of drug-likeness (QED) is 0.590. The van der Waals surface area contributed by atoms with Crippen LogP contribution in [0.2, 0.25) is 0 Å². The van der Waals surface area contributed by atoms with Crippen LogP contribution in [0, 0.1) is 0 Å². The maximum Gasteiger partial charge on any atom is 0.237 e. The van der Waals surface area contributed by atoms with Crippen molar-refractivity contribution < 1.29 is 4.79 Å². The summed E-state index contributed by atoms with van der Waals surface area (Å²) in [5.41, 5.74) is 1.86. The van der Waals surface area contributed by atoms with Crippen molar-refractivity contribution in [1.82, 2.24) is 14.9 Å². The second-order valence-electron chi connectivity index (χ2n) is 7.61. The van der Waals surface area contributed by atoms with Gasteiger partial charge in [0.1, 0.15) is 0 Å². The lowest BCUT2D eigenvalue weighted by Crippen LogP contribution is -2.26. The number of nitrogens with one attached hydrogen (secondary N) is 1. The molecule has 0 aliphatic heterocycles. The number of aromatic nitrogens is 3. The van der Waals surface area contributed by atoms with E-state index in [1.807, 2.05) is 39.8 Å². The highest BCUT2D eigenvalue weighted by molar-refractivity contribution is 8.00. The predicted octanol–water partition coefficient (Wildman–Crippen LogP) is 3.92.